The number of rotatable bonds is 8. The van der Waals surface area contributed by atoms with Crippen molar-refractivity contribution in [3.8, 4) is 0 Å². The first kappa shape index (κ1) is 16.1. The van der Waals surface area contributed by atoms with Crippen LogP contribution in [0, 0.1) is 0 Å². The lowest BCUT2D eigenvalue weighted by atomic mass is 10.3. The molecular formula is C14H26N6S. The molecule has 2 heterocycles. The zero-order chi connectivity index (χ0) is 15.1. The maximum Gasteiger partial charge on any atom is 0.231 e. The van der Waals surface area contributed by atoms with Crippen LogP contribution in [0.5, 0.6) is 0 Å². The second-order valence-corrected chi connectivity index (χ2v) is 6.12. The van der Waals surface area contributed by atoms with Crippen molar-refractivity contribution in [3.05, 3.63) is 0 Å². The molecule has 1 aliphatic heterocycles. The highest BCUT2D eigenvalue weighted by Crippen LogP contribution is 2.19. The molecule has 1 atom stereocenters. The van der Waals surface area contributed by atoms with Crippen molar-refractivity contribution in [1.29, 1.82) is 0 Å². The van der Waals surface area contributed by atoms with Crippen LogP contribution in [0.15, 0.2) is 0 Å². The van der Waals surface area contributed by atoms with Gasteiger partial charge in [-0.25, -0.2) is 0 Å². The minimum Gasteiger partial charge on any atom is -0.354 e. The van der Waals surface area contributed by atoms with Gasteiger partial charge in [0, 0.05) is 31.4 Å². The molecule has 1 unspecified atom stereocenters. The molecule has 0 saturated carbocycles. The molecule has 0 bridgehead atoms. The first-order valence-corrected chi connectivity index (χ1v) is 9.16. The third-order valence-corrected chi connectivity index (χ3v) is 4.28. The van der Waals surface area contributed by atoms with Crippen LogP contribution in [0.2, 0.25) is 0 Å². The Morgan fingerprint density at radius 3 is 2.48 bits per heavy atom. The monoisotopic (exact) mass is 310 g/mol. The van der Waals surface area contributed by atoms with E-state index >= 15 is 0 Å². The van der Waals surface area contributed by atoms with E-state index in [0.717, 1.165) is 37.8 Å². The molecule has 0 spiro atoms. The summed E-state index contributed by atoms with van der Waals surface area (Å²) in [5.74, 6) is 3.19. The molecule has 1 aliphatic rings. The van der Waals surface area contributed by atoms with E-state index in [2.05, 4.69) is 50.6 Å². The smallest absolute Gasteiger partial charge is 0.231 e. The van der Waals surface area contributed by atoms with Gasteiger partial charge in [-0.15, -0.1) is 0 Å². The molecule has 118 valence electrons. The van der Waals surface area contributed by atoms with E-state index in [1.165, 1.54) is 12.8 Å². The zero-order valence-electron chi connectivity index (χ0n) is 13.2. The second-order valence-electron chi connectivity index (χ2n) is 5.21. The van der Waals surface area contributed by atoms with Gasteiger partial charge in [0.25, 0.3) is 0 Å². The van der Waals surface area contributed by atoms with E-state index in [1.54, 1.807) is 0 Å². The largest absolute Gasteiger partial charge is 0.354 e. The second kappa shape index (κ2) is 8.26. The molecular weight excluding hydrogens is 284 g/mol. The first-order valence-electron chi connectivity index (χ1n) is 7.77. The summed E-state index contributed by atoms with van der Waals surface area (Å²) in [7, 11) is 0. The van der Waals surface area contributed by atoms with Gasteiger partial charge >= 0.3 is 0 Å². The van der Waals surface area contributed by atoms with Crippen LogP contribution in [-0.4, -0.2) is 52.6 Å². The Hall–Kier alpha value is -1.24. The quantitative estimate of drug-likeness (QED) is 0.764. The number of nitrogens with one attached hydrogen (secondary N) is 2. The van der Waals surface area contributed by atoms with Crippen LogP contribution >= 0.6 is 11.8 Å². The van der Waals surface area contributed by atoms with Crippen LogP contribution in [-0.2, 0) is 0 Å². The van der Waals surface area contributed by atoms with E-state index in [4.69, 9.17) is 0 Å². The maximum absolute atomic E-state index is 4.61. The number of hydrogen-bond acceptors (Lipinski definition) is 7. The summed E-state index contributed by atoms with van der Waals surface area (Å²) in [6.45, 7) is 7.12. The molecule has 1 saturated heterocycles. The van der Waals surface area contributed by atoms with E-state index in [1.807, 2.05) is 11.8 Å². The summed E-state index contributed by atoms with van der Waals surface area (Å²) in [6.07, 6.45) is 5.61. The molecule has 21 heavy (non-hydrogen) atoms. The summed E-state index contributed by atoms with van der Waals surface area (Å²) < 4.78 is 0. The Morgan fingerprint density at radius 2 is 1.86 bits per heavy atom. The summed E-state index contributed by atoms with van der Waals surface area (Å²) in [4.78, 5) is 15.9. The summed E-state index contributed by atoms with van der Waals surface area (Å²) in [5.41, 5.74) is 0. The molecule has 0 amide bonds. The number of nitrogens with zero attached hydrogens (tertiary/aromatic N) is 4. The van der Waals surface area contributed by atoms with Crippen molar-refractivity contribution >= 4 is 29.6 Å². The van der Waals surface area contributed by atoms with Gasteiger partial charge in [0.1, 0.15) is 0 Å². The summed E-state index contributed by atoms with van der Waals surface area (Å²) in [6, 6.07) is 0.392. The van der Waals surface area contributed by atoms with Gasteiger partial charge in [-0.05, 0) is 32.4 Å². The first-order chi connectivity index (χ1) is 10.3. The highest BCUT2D eigenvalue weighted by Gasteiger charge is 2.18. The van der Waals surface area contributed by atoms with Crippen LogP contribution < -0.4 is 15.5 Å². The predicted octanol–water partition coefficient (Wildman–Crippen LogP) is 2.46. The van der Waals surface area contributed by atoms with E-state index < -0.39 is 0 Å². The van der Waals surface area contributed by atoms with Gasteiger partial charge in [0.2, 0.25) is 17.8 Å². The zero-order valence-corrected chi connectivity index (χ0v) is 14.0. The van der Waals surface area contributed by atoms with E-state index in [9.17, 15) is 0 Å². The fourth-order valence-electron chi connectivity index (χ4n) is 2.37. The van der Waals surface area contributed by atoms with Crippen molar-refractivity contribution < 1.29 is 0 Å². The van der Waals surface area contributed by atoms with Crippen molar-refractivity contribution in [2.24, 2.45) is 0 Å². The van der Waals surface area contributed by atoms with Crippen LogP contribution in [0.1, 0.15) is 33.1 Å². The lowest BCUT2D eigenvalue weighted by Crippen LogP contribution is -2.26. The summed E-state index contributed by atoms with van der Waals surface area (Å²) in [5, 5.41) is 6.64. The lowest BCUT2D eigenvalue weighted by molar-refractivity contribution is 0.758. The molecule has 1 aromatic heterocycles. The third-order valence-electron chi connectivity index (χ3n) is 3.54. The van der Waals surface area contributed by atoms with Gasteiger partial charge in [-0.3, -0.25) is 0 Å². The number of hydrogen-bond donors (Lipinski definition) is 2. The van der Waals surface area contributed by atoms with Gasteiger partial charge < -0.3 is 15.5 Å². The number of thioether (sulfide) groups is 1. The lowest BCUT2D eigenvalue weighted by Gasteiger charge is -2.19. The Labute approximate surface area is 131 Å². The highest BCUT2D eigenvalue weighted by atomic mass is 32.2. The van der Waals surface area contributed by atoms with Crippen LogP contribution in [0.25, 0.3) is 0 Å². The molecule has 0 aromatic carbocycles. The van der Waals surface area contributed by atoms with Crippen molar-refractivity contribution in [1.82, 2.24) is 15.0 Å². The normalized spacial score (nSPS) is 16.0. The van der Waals surface area contributed by atoms with Gasteiger partial charge in [0.15, 0.2) is 0 Å². The predicted molar refractivity (Wildman–Crippen MR) is 91.5 cm³/mol. The topological polar surface area (TPSA) is 66.0 Å². The van der Waals surface area contributed by atoms with E-state index in [0.29, 0.717) is 17.9 Å². The number of aromatic nitrogens is 3. The van der Waals surface area contributed by atoms with Gasteiger partial charge in [0.05, 0.1) is 0 Å². The molecule has 7 heteroatoms. The van der Waals surface area contributed by atoms with Crippen molar-refractivity contribution in [3.63, 3.8) is 0 Å². The molecule has 0 radical (unpaired) electrons. The standard InChI is InChI=1S/C14H26N6S/c1-4-11(10-21-3)16-13-17-12(15-5-2)18-14(19-13)20-8-6-7-9-20/h11H,4-10H2,1-3H3,(H2,15,16,17,18,19). The van der Waals surface area contributed by atoms with Crippen molar-refractivity contribution in [2.45, 2.75) is 39.2 Å². The van der Waals surface area contributed by atoms with Crippen molar-refractivity contribution in [2.75, 3.05) is 47.2 Å². The Bertz CT molecular complexity index is 435. The number of anilines is 3. The molecule has 1 aromatic rings. The van der Waals surface area contributed by atoms with E-state index in [-0.39, 0.29) is 0 Å². The van der Waals surface area contributed by atoms with Crippen LogP contribution in [0.4, 0.5) is 17.8 Å². The molecule has 1 fully saturated rings. The fourth-order valence-corrected chi connectivity index (χ4v) is 3.09. The molecule has 0 aliphatic carbocycles. The fraction of sp³-hybridized carbons (Fsp3) is 0.786. The Kier molecular flexibility index (Phi) is 6.35. The SMILES string of the molecule is CCNc1nc(NC(CC)CSC)nc(N2CCCC2)n1. The summed E-state index contributed by atoms with van der Waals surface area (Å²) >= 11 is 1.84. The maximum atomic E-state index is 4.61. The Morgan fingerprint density at radius 1 is 1.14 bits per heavy atom. The molecule has 2 N–H and O–H groups in total. The molecule has 6 nitrogen and oxygen atoms in total. The minimum atomic E-state index is 0.392. The average molecular weight is 310 g/mol. The minimum absolute atomic E-state index is 0.392. The van der Waals surface area contributed by atoms with Gasteiger partial charge in [-0.2, -0.15) is 26.7 Å². The highest BCUT2D eigenvalue weighted by molar-refractivity contribution is 7.98. The third kappa shape index (κ3) is 4.62. The average Bonchev–Trinajstić information content (AvgIpc) is 3.01. The van der Waals surface area contributed by atoms with Gasteiger partial charge in [-0.1, -0.05) is 6.92 Å². The molecule has 2 rings (SSSR count). The van der Waals surface area contributed by atoms with Crippen LogP contribution in [0.3, 0.4) is 0 Å². The Balaban J connectivity index is 2.17.